The zero-order valence-corrected chi connectivity index (χ0v) is 14.2. The van der Waals surface area contributed by atoms with E-state index in [4.69, 9.17) is 9.47 Å². The highest BCUT2D eigenvalue weighted by molar-refractivity contribution is 5.77. The van der Waals surface area contributed by atoms with E-state index >= 15 is 0 Å². The summed E-state index contributed by atoms with van der Waals surface area (Å²) in [4.78, 5) is 22.8. The minimum absolute atomic E-state index is 0.0970. The molecule has 0 bridgehead atoms. The zero-order valence-electron chi connectivity index (χ0n) is 14.2. The standard InChI is InChI=1S/C18H20FN3O3/c1-12-9-16(21-13(2)20-12)17-10-22(7-8-24-17)18(23)11-25-15-5-3-14(19)4-6-15/h3-6,9,17H,7-8,10-11H2,1-2H3/t17-/m0/s1. The second kappa shape index (κ2) is 7.57. The van der Waals surface area contributed by atoms with Crippen molar-refractivity contribution in [3.8, 4) is 5.75 Å². The molecule has 7 heteroatoms. The molecule has 1 amide bonds. The van der Waals surface area contributed by atoms with Gasteiger partial charge >= 0.3 is 0 Å². The Bertz CT molecular complexity index is 731. The summed E-state index contributed by atoms with van der Waals surface area (Å²) in [6, 6.07) is 7.46. The Morgan fingerprint density at radius 1 is 1.32 bits per heavy atom. The normalized spacial score (nSPS) is 17.4. The molecule has 0 N–H and O–H groups in total. The molecular formula is C18H20FN3O3. The molecule has 1 aliphatic heterocycles. The van der Waals surface area contributed by atoms with E-state index in [0.717, 1.165) is 11.4 Å². The van der Waals surface area contributed by atoms with E-state index in [1.807, 2.05) is 19.9 Å². The Kier molecular flexibility index (Phi) is 5.23. The Hall–Kier alpha value is -2.54. The van der Waals surface area contributed by atoms with Crippen LogP contribution >= 0.6 is 0 Å². The molecule has 6 nitrogen and oxygen atoms in total. The van der Waals surface area contributed by atoms with Crippen molar-refractivity contribution >= 4 is 5.91 Å². The number of aromatic nitrogens is 2. The first-order valence-corrected chi connectivity index (χ1v) is 8.11. The molecule has 1 aromatic heterocycles. The summed E-state index contributed by atoms with van der Waals surface area (Å²) in [6.07, 6.45) is -0.274. The number of rotatable bonds is 4. The number of hydrogen-bond acceptors (Lipinski definition) is 5. The molecule has 1 aromatic carbocycles. The van der Waals surface area contributed by atoms with Crippen LogP contribution in [0.1, 0.15) is 23.3 Å². The van der Waals surface area contributed by atoms with Gasteiger partial charge in [0.15, 0.2) is 6.61 Å². The van der Waals surface area contributed by atoms with Crippen LogP contribution in [0.25, 0.3) is 0 Å². The number of hydrogen-bond donors (Lipinski definition) is 0. The van der Waals surface area contributed by atoms with Gasteiger partial charge in [-0.1, -0.05) is 0 Å². The molecule has 25 heavy (non-hydrogen) atoms. The van der Waals surface area contributed by atoms with Crippen LogP contribution in [0.2, 0.25) is 0 Å². The smallest absolute Gasteiger partial charge is 0.260 e. The number of aryl methyl sites for hydroxylation is 2. The van der Waals surface area contributed by atoms with Gasteiger partial charge in [0, 0.05) is 12.2 Å². The van der Waals surface area contributed by atoms with Crippen molar-refractivity contribution in [2.24, 2.45) is 0 Å². The van der Waals surface area contributed by atoms with E-state index in [0.29, 0.717) is 31.3 Å². The summed E-state index contributed by atoms with van der Waals surface area (Å²) >= 11 is 0. The molecular weight excluding hydrogens is 325 g/mol. The quantitative estimate of drug-likeness (QED) is 0.850. The van der Waals surface area contributed by atoms with E-state index < -0.39 is 0 Å². The Labute approximate surface area is 145 Å². The Morgan fingerprint density at radius 2 is 2.08 bits per heavy atom. The number of carbonyl (C=O) groups is 1. The summed E-state index contributed by atoms with van der Waals surface area (Å²) < 4.78 is 24.1. The molecule has 2 heterocycles. The van der Waals surface area contributed by atoms with Crippen LogP contribution in [0.3, 0.4) is 0 Å². The first-order chi connectivity index (χ1) is 12.0. The Balaban J connectivity index is 1.60. The monoisotopic (exact) mass is 345 g/mol. The van der Waals surface area contributed by atoms with Gasteiger partial charge in [0.1, 0.15) is 23.5 Å². The van der Waals surface area contributed by atoms with Crippen molar-refractivity contribution < 1.29 is 18.7 Å². The third kappa shape index (κ3) is 4.51. The number of ether oxygens (including phenoxy) is 2. The first kappa shape index (κ1) is 17.3. The van der Waals surface area contributed by atoms with Crippen LogP contribution in [0, 0.1) is 19.7 Å². The van der Waals surface area contributed by atoms with E-state index in [2.05, 4.69) is 9.97 Å². The Morgan fingerprint density at radius 3 is 2.80 bits per heavy atom. The number of halogens is 1. The third-order valence-electron chi connectivity index (χ3n) is 3.91. The number of carbonyl (C=O) groups excluding carboxylic acids is 1. The topological polar surface area (TPSA) is 64.6 Å². The maximum atomic E-state index is 12.9. The minimum atomic E-state index is -0.342. The van der Waals surface area contributed by atoms with Crippen LogP contribution in [-0.2, 0) is 9.53 Å². The zero-order chi connectivity index (χ0) is 17.8. The highest BCUT2D eigenvalue weighted by atomic mass is 19.1. The van der Waals surface area contributed by atoms with E-state index in [1.165, 1.54) is 24.3 Å². The van der Waals surface area contributed by atoms with Gasteiger partial charge in [-0.25, -0.2) is 14.4 Å². The van der Waals surface area contributed by atoms with Crippen molar-refractivity contribution in [3.63, 3.8) is 0 Å². The maximum absolute atomic E-state index is 12.9. The van der Waals surface area contributed by atoms with Crippen LogP contribution in [0.5, 0.6) is 5.75 Å². The molecule has 0 unspecified atom stereocenters. The lowest BCUT2D eigenvalue weighted by atomic mass is 10.1. The van der Waals surface area contributed by atoms with Crippen molar-refractivity contribution in [3.05, 3.63) is 53.4 Å². The average Bonchev–Trinajstić information content (AvgIpc) is 2.60. The molecule has 0 spiro atoms. The van der Waals surface area contributed by atoms with Gasteiger partial charge in [0.25, 0.3) is 5.91 Å². The van der Waals surface area contributed by atoms with Crippen LogP contribution < -0.4 is 4.74 Å². The van der Waals surface area contributed by atoms with E-state index in [-0.39, 0.29) is 24.4 Å². The average molecular weight is 345 g/mol. The minimum Gasteiger partial charge on any atom is -0.484 e. The molecule has 132 valence electrons. The van der Waals surface area contributed by atoms with Crippen molar-refractivity contribution in [2.45, 2.75) is 20.0 Å². The van der Waals surface area contributed by atoms with Crippen LogP contribution in [0.15, 0.2) is 30.3 Å². The number of morpholine rings is 1. The lowest BCUT2D eigenvalue weighted by molar-refractivity contribution is -0.141. The van der Waals surface area contributed by atoms with Crippen LogP contribution in [0.4, 0.5) is 4.39 Å². The first-order valence-electron chi connectivity index (χ1n) is 8.11. The van der Waals surface area contributed by atoms with E-state index in [9.17, 15) is 9.18 Å². The predicted molar refractivity (Wildman–Crippen MR) is 88.7 cm³/mol. The van der Waals surface area contributed by atoms with Crippen molar-refractivity contribution in [1.29, 1.82) is 0 Å². The summed E-state index contributed by atoms with van der Waals surface area (Å²) in [5.74, 6) is 0.661. The molecule has 0 aliphatic carbocycles. The molecule has 0 saturated carbocycles. The third-order valence-corrected chi connectivity index (χ3v) is 3.91. The fourth-order valence-corrected chi connectivity index (χ4v) is 2.73. The van der Waals surface area contributed by atoms with Gasteiger partial charge in [0.05, 0.1) is 18.8 Å². The summed E-state index contributed by atoms with van der Waals surface area (Å²) in [7, 11) is 0. The number of nitrogens with zero attached hydrogens (tertiary/aromatic N) is 3. The van der Waals surface area contributed by atoms with E-state index in [1.54, 1.807) is 4.90 Å². The summed E-state index contributed by atoms with van der Waals surface area (Å²) in [6.45, 7) is 5.00. The fraction of sp³-hybridized carbons (Fsp3) is 0.389. The lowest BCUT2D eigenvalue weighted by Crippen LogP contribution is -2.44. The fourth-order valence-electron chi connectivity index (χ4n) is 2.73. The van der Waals surface area contributed by atoms with Gasteiger partial charge in [-0.15, -0.1) is 0 Å². The summed E-state index contributed by atoms with van der Waals surface area (Å²) in [5, 5.41) is 0. The molecule has 1 aliphatic rings. The highest BCUT2D eigenvalue weighted by Gasteiger charge is 2.27. The SMILES string of the molecule is Cc1cc([C@@H]2CN(C(=O)COc3ccc(F)cc3)CCO2)nc(C)n1. The molecule has 1 atom stereocenters. The van der Waals surface area contributed by atoms with Gasteiger partial charge in [-0.2, -0.15) is 0 Å². The molecule has 1 fully saturated rings. The second-order valence-corrected chi connectivity index (χ2v) is 5.92. The van der Waals surface area contributed by atoms with Crippen molar-refractivity contribution in [1.82, 2.24) is 14.9 Å². The lowest BCUT2D eigenvalue weighted by Gasteiger charge is -2.32. The molecule has 2 aromatic rings. The summed E-state index contributed by atoms with van der Waals surface area (Å²) in [5.41, 5.74) is 1.65. The highest BCUT2D eigenvalue weighted by Crippen LogP contribution is 2.21. The number of benzene rings is 1. The molecule has 3 rings (SSSR count). The van der Waals surface area contributed by atoms with Gasteiger partial charge in [0.2, 0.25) is 0 Å². The van der Waals surface area contributed by atoms with Gasteiger partial charge in [-0.3, -0.25) is 4.79 Å². The molecule has 1 saturated heterocycles. The number of amides is 1. The van der Waals surface area contributed by atoms with Gasteiger partial charge < -0.3 is 14.4 Å². The second-order valence-electron chi connectivity index (χ2n) is 5.92. The maximum Gasteiger partial charge on any atom is 0.260 e. The largest absolute Gasteiger partial charge is 0.484 e. The van der Waals surface area contributed by atoms with Gasteiger partial charge in [-0.05, 0) is 44.2 Å². The van der Waals surface area contributed by atoms with Crippen molar-refractivity contribution in [2.75, 3.05) is 26.3 Å². The molecule has 0 radical (unpaired) electrons. The predicted octanol–water partition coefficient (Wildman–Crippen LogP) is 2.21. The van der Waals surface area contributed by atoms with Crippen LogP contribution in [-0.4, -0.2) is 47.1 Å².